The first kappa shape index (κ1) is 14.3. The number of rotatable bonds is 3. The van der Waals surface area contributed by atoms with E-state index in [-0.39, 0.29) is 11.9 Å². The highest BCUT2D eigenvalue weighted by Crippen LogP contribution is 2.25. The minimum atomic E-state index is -0.312. The highest BCUT2D eigenvalue weighted by molar-refractivity contribution is 6.31. The molecule has 1 nitrogen and oxygen atoms in total. The number of halogens is 3. The third-order valence-corrected chi connectivity index (χ3v) is 3.85. The second-order valence-corrected chi connectivity index (χ2v) is 5.37. The van der Waals surface area contributed by atoms with Gasteiger partial charge in [-0.2, -0.15) is 0 Å². The summed E-state index contributed by atoms with van der Waals surface area (Å²) in [5.41, 5.74) is 8.74. The molecule has 2 rings (SSSR count). The van der Waals surface area contributed by atoms with Crippen molar-refractivity contribution in [3.63, 3.8) is 0 Å². The van der Waals surface area contributed by atoms with Crippen molar-refractivity contribution in [1.29, 1.82) is 0 Å². The van der Waals surface area contributed by atoms with Gasteiger partial charge in [-0.3, -0.25) is 0 Å². The van der Waals surface area contributed by atoms with Crippen LogP contribution in [0.3, 0.4) is 0 Å². The molecule has 1 unspecified atom stereocenters. The lowest BCUT2D eigenvalue weighted by Gasteiger charge is -2.14. The van der Waals surface area contributed by atoms with Crippen LogP contribution in [0, 0.1) is 12.7 Å². The van der Waals surface area contributed by atoms with Gasteiger partial charge in [-0.15, -0.1) is 0 Å². The summed E-state index contributed by atoms with van der Waals surface area (Å²) in [4.78, 5) is 0. The van der Waals surface area contributed by atoms with Crippen LogP contribution in [0.5, 0.6) is 0 Å². The molecule has 4 heteroatoms. The lowest BCUT2D eigenvalue weighted by molar-refractivity contribution is 0.622. The van der Waals surface area contributed by atoms with Gasteiger partial charge in [0.25, 0.3) is 0 Å². The molecule has 0 spiro atoms. The fourth-order valence-electron chi connectivity index (χ4n) is 1.89. The van der Waals surface area contributed by atoms with E-state index in [0.29, 0.717) is 22.0 Å². The summed E-state index contributed by atoms with van der Waals surface area (Å²) in [6.07, 6.45) is 0.468. The first-order valence-electron chi connectivity index (χ1n) is 5.93. The Hall–Kier alpha value is -1.09. The molecular weight excluding hydrogens is 284 g/mol. The van der Waals surface area contributed by atoms with Gasteiger partial charge in [0, 0.05) is 16.1 Å². The molecule has 0 amide bonds. The molecule has 0 radical (unpaired) electrons. The normalized spacial score (nSPS) is 12.5. The predicted octanol–water partition coefficient (Wildman–Crippen LogP) is 4.68. The monoisotopic (exact) mass is 297 g/mol. The van der Waals surface area contributed by atoms with Gasteiger partial charge < -0.3 is 5.73 Å². The van der Waals surface area contributed by atoms with Crippen molar-refractivity contribution in [3.8, 4) is 0 Å². The van der Waals surface area contributed by atoms with Crippen LogP contribution in [0.1, 0.15) is 22.7 Å². The molecule has 1 atom stereocenters. The summed E-state index contributed by atoms with van der Waals surface area (Å²) in [5.74, 6) is -0.312. The van der Waals surface area contributed by atoms with Gasteiger partial charge >= 0.3 is 0 Å². The maximum Gasteiger partial charge on any atom is 0.123 e. The lowest BCUT2D eigenvalue weighted by atomic mass is 9.99. The van der Waals surface area contributed by atoms with Gasteiger partial charge in [0.05, 0.1) is 0 Å². The van der Waals surface area contributed by atoms with Crippen molar-refractivity contribution in [2.45, 2.75) is 19.4 Å². The number of aryl methyl sites for hydroxylation is 1. The lowest BCUT2D eigenvalue weighted by Crippen LogP contribution is -2.13. The quantitative estimate of drug-likeness (QED) is 0.874. The van der Waals surface area contributed by atoms with Gasteiger partial charge in [-0.25, -0.2) is 4.39 Å². The molecule has 0 aliphatic rings. The van der Waals surface area contributed by atoms with Crippen LogP contribution in [0.25, 0.3) is 0 Å². The number of nitrogens with two attached hydrogens (primary N) is 1. The molecular formula is C15H14Cl2FN. The highest BCUT2D eigenvalue weighted by Gasteiger charge is 2.11. The average molecular weight is 298 g/mol. The van der Waals surface area contributed by atoms with E-state index in [9.17, 15) is 4.39 Å². The van der Waals surface area contributed by atoms with Crippen LogP contribution in [-0.2, 0) is 6.42 Å². The zero-order valence-corrected chi connectivity index (χ0v) is 12.0. The van der Waals surface area contributed by atoms with Crippen molar-refractivity contribution >= 4 is 23.2 Å². The molecule has 0 saturated heterocycles. The van der Waals surface area contributed by atoms with Crippen molar-refractivity contribution in [1.82, 2.24) is 0 Å². The first-order chi connectivity index (χ1) is 8.97. The second-order valence-electron chi connectivity index (χ2n) is 4.55. The Bertz CT molecular complexity index is 599. The first-order valence-corrected chi connectivity index (χ1v) is 6.68. The van der Waals surface area contributed by atoms with Gasteiger partial charge in [0.2, 0.25) is 0 Å². The van der Waals surface area contributed by atoms with E-state index >= 15 is 0 Å². The SMILES string of the molecule is Cc1ccc(C(N)Cc2cc(F)ccc2Cl)cc1Cl. The van der Waals surface area contributed by atoms with Gasteiger partial charge in [0.15, 0.2) is 0 Å². The van der Waals surface area contributed by atoms with E-state index in [0.717, 1.165) is 11.1 Å². The van der Waals surface area contributed by atoms with Crippen LogP contribution < -0.4 is 5.73 Å². The minimum absolute atomic E-state index is 0.266. The molecule has 0 bridgehead atoms. The van der Waals surface area contributed by atoms with E-state index in [1.54, 1.807) is 6.07 Å². The molecule has 0 aliphatic heterocycles. The van der Waals surface area contributed by atoms with Gasteiger partial charge in [-0.05, 0) is 54.3 Å². The van der Waals surface area contributed by atoms with E-state index < -0.39 is 0 Å². The number of hydrogen-bond donors (Lipinski definition) is 1. The zero-order chi connectivity index (χ0) is 14.0. The second kappa shape index (κ2) is 5.91. The van der Waals surface area contributed by atoms with Gasteiger partial charge in [0.1, 0.15) is 5.82 Å². The highest BCUT2D eigenvalue weighted by atomic mass is 35.5. The third kappa shape index (κ3) is 3.47. The predicted molar refractivity (Wildman–Crippen MR) is 78.2 cm³/mol. The summed E-state index contributed by atoms with van der Waals surface area (Å²) in [5, 5.41) is 1.20. The van der Waals surface area contributed by atoms with Gasteiger partial charge in [-0.1, -0.05) is 35.3 Å². The minimum Gasteiger partial charge on any atom is -0.324 e. The molecule has 2 aromatic rings. The van der Waals surface area contributed by atoms with Crippen molar-refractivity contribution in [2.24, 2.45) is 5.73 Å². The molecule has 0 aromatic heterocycles. The Balaban J connectivity index is 2.22. The molecule has 2 N–H and O–H groups in total. The Morgan fingerprint density at radius 3 is 2.53 bits per heavy atom. The molecule has 2 aromatic carbocycles. The molecule has 100 valence electrons. The Morgan fingerprint density at radius 1 is 1.11 bits per heavy atom. The Labute approximate surface area is 122 Å². The molecule has 0 saturated carbocycles. The Kier molecular flexibility index (Phi) is 4.46. The standard InChI is InChI=1S/C15H14Cl2FN/c1-9-2-3-10(7-14(9)17)15(19)8-11-6-12(18)4-5-13(11)16/h2-7,15H,8,19H2,1H3. The Morgan fingerprint density at radius 2 is 1.84 bits per heavy atom. The molecule has 19 heavy (non-hydrogen) atoms. The van der Waals surface area contributed by atoms with E-state index in [2.05, 4.69) is 0 Å². The van der Waals surface area contributed by atoms with Crippen molar-refractivity contribution in [2.75, 3.05) is 0 Å². The summed E-state index contributed by atoms with van der Waals surface area (Å²) in [6, 6.07) is 9.72. The van der Waals surface area contributed by atoms with E-state index in [1.165, 1.54) is 12.1 Å². The number of hydrogen-bond acceptors (Lipinski definition) is 1. The molecule has 0 aliphatic carbocycles. The third-order valence-electron chi connectivity index (χ3n) is 3.07. The summed E-state index contributed by atoms with van der Waals surface area (Å²) >= 11 is 12.1. The van der Waals surface area contributed by atoms with E-state index in [4.69, 9.17) is 28.9 Å². The van der Waals surface area contributed by atoms with Crippen molar-refractivity contribution in [3.05, 3.63) is 69.0 Å². The fourth-order valence-corrected chi connectivity index (χ4v) is 2.28. The molecule has 0 heterocycles. The zero-order valence-electron chi connectivity index (χ0n) is 10.5. The van der Waals surface area contributed by atoms with Crippen LogP contribution in [0.15, 0.2) is 36.4 Å². The average Bonchev–Trinajstić information content (AvgIpc) is 2.37. The molecule has 0 fully saturated rings. The van der Waals surface area contributed by atoms with Crippen LogP contribution in [0.2, 0.25) is 10.0 Å². The fraction of sp³-hybridized carbons (Fsp3) is 0.200. The van der Waals surface area contributed by atoms with Crippen molar-refractivity contribution < 1.29 is 4.39 Å². The summed E-state index contributed by atoms with van der Waals surface area (Å²) in [7, 11) is 0. The maximum atomic E-state index is 13.2. The van der Waals surface area contributed by atoms with Crippen LogP contribution in [-0.4, -0.2) is 0 Å². The maximum absolute atomic E-state index is 13.2. The number of benzene rings is 2. The topological polar surface area (TPSA) is 26.0 Å². The van der Waals surface area contributed by atoms with E-state index in [1.807, 2.05) is 25.1 Å². The smallest absolute Gasteiger partial charge is 0.123 e. The van der Waals surface area contributed by atoms with Crippen LogP contribution in [0.4, 0.5) is 4.39 Å². The summed E-state index contributed by atoms with van der Waals surface area (Å²) < 4.78 is 13.2. The largest absolute Gasteiger partial charge is 0.324 e. The summed E-state index contributed by atoms with van der Waals surface area (Å²) in [6.45, 7) is 1.93. The van der Waals surface area contributed by atoms with Crippen LogP contribution >= 0.6 is 23.2 Å².